The molecule has 2 rings (SSSR count). The summed E-state index contributed by atoms with van der Waals surface area (Å²) in [6.45, 7) is 3.65. The highest BCUT2D eigenvalue weighted by atomic mass is 16.2. The third kappa shape index (κ3) is 2.46. The van der Waals surface area contributed by atoms with Crippen LogP contribution in [0.4, 0.5) is 0 Å². The maximum absolute atomic E-state index is 12.1. The van der Waals surface area contributed by atoms with Crippen molar-refractivity contribution in [3.8, 4) is 6.07 Å². The SMILES string of the molecule is CCC(C#N)C(=O)N1CCC2(CCCC2)CC1. The molecule has 1 saturated heterocycles. The smallest absolute Gasteiger partial charge is 0.239 e. The number of hydrogen-bond acceptors (Lipinski definition) is 2. The molecule has 17 heavy (non-hydrogen) atoms. The lowest BCUT2D eigenvalue weighted by Crippen LogP contribution is -2.44. The van der Waals surface area contributed by atoms with E-state index in [-0.39, 0.29) is 5.91 Å². The summed E-state index contributed by atoms with van der Waals surface area (Å²) in [5.74, 6) is -0.365. The second-order valence-electron chi connectivity index (χ2n) is 5.62. The quantitative estimate of drug-likeness (QED) is 0.737. The standard InChI is InChI=1S/C14H22N2O/c1-2-12(11-15)13(17)16-9-7-14(8-10-16)5-3-4-6-14/h12H,2-10H2,1H3. The van der Waals surface area contributed by atoms with Crippen molar-refractivity contribution in [1.82, 2.24) is 4.90 Å². The normalized spacial score (nSPS) is 24.6. The van der Waals surface area contributed by atoms with Crippen LogP contribution < -0.4 is 0 Å². The van der Waals surface area contributed by atoms with E-state index in [0.717, 1.165) is 25.9 Å². The summed E-state index contributed by atoms with van der Waals surface area (Å²) in [5.41, 5.74) is 0.547. The van der Waals surface area contributed by atoms with Gasteiger partial charge in [0.15, 0.2) is 0 Å². The fourth-order valence-electron chi connectivity index (χ4n) is 3.37. The molecule has 0 radical (unpaired) electrons. The van der Waals surface area contributed by atoms with Crippen LogP contribution in [0, 0.1) is 22.7 Å². The largest absolute Gasteiger partial charge is 0.342 e. The molecular formula is C14H22N2O. The third-order valence-electron chi connectivity index (χ3n) is 4.66. The number of carbonyl (C=O) groups is 1. The highest BCUT2D eigenvalue weighted by molar-refractivity contribution is 5.81. The molecule has 1 aliphatic carbocycles. The van der Waals surface area contributed by atoms with E-state index in [1.165, 1.54) is 25.7 Å². The van der Waals surface area contributed by atoms with Crippen LogP contribution in [0.15, 0.2) is 0 Å². The minimum absolute atomic E-state index is 0.0582. The molecule has 3 heteroatoms. The summed E-state index contributed by atoms with van der Waals surface area (Å²) in [6, 6.07) is 2.12. The Kier molecular flexibility index (Phi) is 3.71. The first-order valence-electron chi connectivity index (χ1n) is 6.89. The summed E-state index contributed by atoms with van der Waals surface area (Å²) >= 11 is 0. The lowest BCUT2D eigenvalue weighted by atomic mass is 9.77. The van der Waals surface area contributed by atoms with Gasteiger partial charge in [-0.05, 0) is 37.5 Å². The van der Waals surface area contributed by atoms with E-state index >= 15 is 0 Å². The van der Waals surface area contributed by atoms with Crippen molar-refractivity contribution in [3.63, 3.8) is 0 Å². The lowest BCUT2D eigenvalue weighted by molar-refractivity contribution is -0.136. The first-order chi connectivity index (χ1) is 8.21. The molecule has 1 atom stereocenters. The zero-order valence-electron chi connectivity index (χ0n) is 10.7. The Hall–Kier alpha value is -1.04. The second kappa shape index (κ2) is 5.08. The Bertz CT molecular complexity index is 316. The van der Waals surface area contributed by atoms with E-state index in [1.807, 2.05) is 11.8 Å². The van der Waals surface area contributed by atoms with Gasteiger partial charge in [0, 0.05) is 13.1 Å². The average Bonchev–Trinajstić information content (AvgIpc) is 2.80. The molecule has 1 heterocycles. The number of piperidine rings is 1. The number of rotatable bonds is 2. The van der Waals surface area contributed by atoms with Gasteiger partial charge in [-0.2, -0.15) is 5.26 Å². The van der Waals surface area contributed by atoms with Crippen LogP contribution in [0.3, 0.4) is 0 Å². The van der Waals surface area contributed by atoms with Gasteiger partial charge in [0.2, 0.25) is 5.91 Å². The third-order valence-corrected chi connectivity index (χ3v) is 4.66. The molecule has 2 aliphatic rings. The van der Waals surface area contributed by atoms with E-state index < -0.39 is 5.92 Å². The molecule has 0 aromatic carbocycles. The van der Waals surface area contributed by atoms with E-state index in [2.05, 4.69) is 6.07 Å². The fraction of sp³-hybridized carbons (Fsp3) is 0.857. The van der Waals surface area contributed by atoms with Gasteiger partial charge in [0.05, 0.1) is 6.07 Å². The predicted molar refractivity (Wildman–Crippen MR) is 66.1 cm³/mol. The van der Waals surface area contributed by atoms with Gasteiger partial charge >= 0.3 is 0 Å². The van der Waals surface area contributed by atoms with Crippen molar-refractivity contribution in [2.24, 2.45) is 11.3 Å². The molecule has 1 saturated carbocycles. The topological polar surface area (TPSA) is 44.1 Å². The van der Waals surface area contributed by atoms with Crippen LogP contribution in [-0.4, -0.2) is 23.9 Å². The molecule has 0 aromatic rings. The summed E-state index contributed by atoms with van der Waals surface area (Å²) in [5, 5.41) is 8.93. The predicted octanol–water partition coefficient (Wildman–Crippen LogP) is 2.72. The van der Waals surface area contributed by atoms with E-state index in [9.17, 15) is 4.79 Å². The molecule has 94 valence electrons. The molecule has 2 fully saturated rings. The van der Waals surface area contributed by atoms with Crippen molar-refractivity contribution < 1.29 is 4.79 Å². The van der Waals surface area contributed by atoms with Gasteiger partial charge in [-0.3, -0.25) is 4.79 Å². The van der Waals surface area contributed by atoms with Crippen molar-refractivity contribution in [1.29, 1.82) is 5.26 Å². The van der Waals surface area contributed by atoms with Gasteiger partial charge in [-0.15, -0.1) is 0 Å². The molecule has 1 unspecified atom stereocenters. The summed E-state index contributed by atoms with van der Waals surface area (Å²) in [4.78, 5) is 14.0. The van der Waals surface area contributed by atoms with Crippen molar-refractivity contribution in [2.75, 3.05) is 13.1 Å². The zero-order valence-corrected chi connectivity index (χ0v) is 10.7. The molecule has 0 N–H and O–H groups in total. The van der Waals surface area contributed by atoms with Crippen LogP contribution >= 0.6 is 0 Å². The molecule has 3 nitrogen and oxygen atoms in total. The van der Waals surface area contributed by atoms with Gasteiger partial charge < -0.3 is 4.90 Å². The average molecular weight is 234 g/mol. The number of carbonyl (C=O) groups excluding carboxylic acids is 1. The number of nitrogens with zero attached hydrogens (tertiary/aromatic N) is 2. The van der Waals surface area contributed by atoms with Gasteiger partial charge in [0.1, 0.15) is 5.92 Å². The van der Waals surface area contributed by atoms with Crippen LogP contribution in [-0.2, 0) is 4.79 Å². The van der Waals surface area contributed by atoms with Crippen LogP contribution in [0.5, 0.6) is 0 Å². The Labute approximate surface area is 104 Å². The lowest BCUT2D eigenvalue weighted by Gasteiger charge is -2.39. The van der Waals surface area contributed by atoms with Crippen LogP contribution in [0.1, 0.15) is 51.9 Å². The first-order valence-corrected chi connectivity index (χ1v) is 6.89. The Morgan fingerprint density at radius 1 is 1.29 bits per heavy atom. The van der Waals surface area contributed by atoms with Crippen molar-refractivity contribution >= 4 is 5.91 Å². The zero-order chi connectivity index (χ0) is 12.3. The molecule has 1 amide bonds. The molecule has 0 bridgehead atoms. The minimum atomic E-state index is -0.423. The van der Waals surface area contributed by atoms with Gasteiger partial charge in [0.25, 0.3) is 0 Å². The molecule has 0 aromatic heterocycles. The summed E-state index contributed by atoms with van der Waals surface area (Å²) in [6.07, 6.45) is 8.38. The number of likely N-dealkylation sites (tertiary alicyclic amines) is 1. The summed E-state index contributed by atoms with van der Waals surface area (Å²) in [7, 11) is 0. The van der Waals surface area contributed by atoms with Crippen molar-refractivity contribution in [2.45, 2.75) is 51.9 Å². The van der Waals surface area contributed by atoms with Gasteiger partial charge in [-0.25, -0.2) is 0 Å². The maximum atomic E-state index is 12.1. The van der Waals surface area contributed by atoms with Crippen LogP contribution in [0.25, 0.3) is 0 Å². The number of nitriles is 1. The number of hydrogen-bond donors (Lipinski definition) is 0. The fourth-order valence-corrected chi connectivity index (χ4v) is 3.37. The van der Waals surface area contributed by atoms with E-state index in [1.54, 1.807) is 0 Å². The highest BCUT2D eigenvalue weighted by Gasteiger charge is 2.38. The molecular weight excluding hydrogens is 212 g/mol. The Morgan fingerprint density at radius 2 is 1.88 bits per heavy atom. The molecule has 1 aliphatic heterocycles. The number of amides is 1. The van der Waals surface area contributed by atoms with E-state index in [4.69, 9.17) is 5.26 Å². The summed E-state index contributed by atoms with van der Waals surface area (Å²) < 4.78 is 0. The minimum Gasteiger partial charge on any atom is -0.342 e. The maximum Gasteiger partial charge on any atom is 0.239 e. The Balaban J connectivity index is 1.90. The van der Waals surface area contributed by atoms with Gasteiger partial charge in [-0.1, -0.05) is 19.8 Å². The first kappa shape index (κ1) is 12.4. The monoisotopic (exact) mass is 234 g/mol. The van der Waals surface area contributed by atoms with Crippen LogP contribution in [0.2, 0.25) is 0 Å². The Morgan fingerprint density at radius 3 is 2.35 bits per heavy atom. The second-order valence-corrected chi connectivity index (χ2v) is 5.62. The van der Waals surface area contributed by atoms with E-state index in [0.29, 0.717) is 11.8 Å². The van der Waals surface area contributed by atoms with Crippen molar-refractivity contribution in [3.05, 3.63) is 0 Å². The highest BCUT2D eigenvalue weighted by Crippen LogP contribution is 2.46. The molecule has 1 spiro atoms.